The second-order valence-electron chi connectivity index (χ2n) is 7.91. The van der Waals surface area contributed by atoms with Crippen LogP contribution >= 0.6 is 11.8 Å². The van der Waals surface area contributed by atoms with E-state index in [0.29, 0.717) is 11.1 Å². The van der Waals surface area contributed by atoms with Crippen molar-refractivity contribution >= 4 is 17.5 Å². The van der Waals surface area contributed by atoms with E-state index in [1.165, 1.54) is 22.9 Å². The van der Waals surface area contributed by atoms with Gasteiger partial charge in [0.2, 0.25) is 5.89 Å². The fourth-order valence-electron chi connectivity index (χ4n) is 3.82. The number of aryl methyl sites for hydroxylation is 3. The number of hydrogen-bond acceptors (Lipinski definition) is 6. The number of carbonyl (C=O) groups excluding carboxylic acids is 1. The van der Waals surface area contributed by atoms with Crippen molar-refractivity contribution in [1.29, 1.82) is 0 Å². The number of rotatable bonds is 7. The minimum Gasteiger partial charge on any atom is -0.411 e. The van der Waals surface area contributed by atoms with E-state index in [0.717, 1.165) is 48.5 Å². The summed E-state index contributed by atoms with van der Waals surface area (Å²) < 4.78 is 13.7. The minimum absolute atomic E-state index is 0.0672. The topological polar surface area (TPSA) is 70.2 Å². The maximum absolute atomic E-state index is 12.8. The van der Waals surface area contributed by atoms with Gasteiger partial charge in [-0.1, -0.05) is 17.8 Å². The van der Waals surface area contributed by atoms with E-state index >= 15 is 0 Å². The number of Topliss-reactive ketones (excluding diaryl/α,β-unsaturated/α-hetero) is 1. The first kappa shape index (κ1) is 20.9. The lowest BCUT2D eigenvalue weighted by atomic mass is 10.1. The van der Waals surface area contributed by atoms with Crippen LogP contribution in [-0.2, 0) is 11.3 Å². The van der Waals surface area contributed by atoms with E-state index < -0.39 is 0 Å². The van der Waals surface area contributed by atoms with Crippen LogP contribution in [0.2, 0.25) is 0 Å². The van der Waals surface area contributed by atoms with Crippen LogP contribution in [0, 0.1) is 27.7 Å². The molecule has 4 rings (SSSR count). The first-order valence-electron chi connectivity index (χ1n) is 10.3. The summed E-state index contributed by atoms with van der Waals surface area (Å²) in [5.41, 5.74) is 6.12. The first-order valence-corrected chi connectivity index (χ1v) is 11.3. The van der Waals surface area contributed by atoms with Crippen LogP contribution in [-0.4, -0.2) is 39.0 Å². The summed E-state index contributed by atoms with van der Waals surface area (Å²) in [5.74, 6) is 0.805. The van der Waals surface area contributed by atoms with Gasteiger partial charge in [-0.25, -0.2) is 0 Å². The number of carbonyl (C=O) groups is 1. The molecule has 6 nitrogen and oxygen atoms in total. The Kier molecular flexibility index (Phi) is 6.11. The Morgan fingerprint density at radius 1 is 1.17 bits per heavy atom. The highest BCUT2D eigenvalue weighted by atomic mass is 32.2. The number of thioether (sulfide) groups is 1. The Morgan fingerprint density at radius 2 is 2.00 bits per heavy atom. The third-order valence-corrected chi connectivity index (χ3v) is 6.59. The second-order valence-corrected chi connectivity index (χ2v) is 8.84. The van der Waals surface area contributed by atoms with Gasteiger partial charge in [0, 0.05) is 35.7 Å². The quantitative estimate of drug-likeness (QED) is 0.395. The lowest BCUT2D eigenvalue weighted by Gasteiger charge is -2.14. The summed E-state index contributed by atoms with van der Waals surface area (Å²) >= 11 is 1.28. The number of nitrogens with zero attached hydrogens (tertiary/aromatic N) is 3. The maximum atomic E-state index is 12.8. The number of hydrogen-bond donors (Lipinski definition) is 0. The molecule has 1 atom stereocenters. The Morgan fingerprint density at radius 3 is 2.73 bits per heavy atom. The third kappa shape index (κ3) is 4.37. The fraction of sp³-hybridized carbons (Fsp3) is 0.435. The number of benzene rings is 1. The molecule has 0 radical (unpaired) electrons. The first-order chi connectivity index (χ1) is 14.4. The van der Waals surface area contributed by atoms with Gasteiger partial charge in [0.25, 0.3) is 5.22 Å². The van der Waals surface area contributed by atoms with E-state index in [2.05, 4.69) is 28.6 Å². The second kappa shape index (κ2) is 8.78. The molecule has 0 bridgehead atoms. The largest absolute Gasteiger partial charge is 0.411 e. The van der Waals surface area contributed by atoms with Crippen LogP contribution in [0.1, 0.15) is 45.7 Å². The molecule has 0 spiro atoms. The Bertz CT molecular complexity index is 1060. The zero-order valence-corrected chi connectivity index (χ0v) is 18.7. The fourth-order valence-corrected chi connectivity index (χ4v) is 4.47. The molecule has 0 unspecified atom stereocenters. The summed E-state index contributed by atoms with van der Waals surface area (Å²) in [6, 6.07) is 8.02. The number of aromatic nitrogens is 3. The highest BCUT2D eigenvalue weighted by molar-refractivity contribution is 7.99. The summed E-state index contributed by atoms with van der Waals surface area (Å²) in [7, 11) is 0. The summed E-state index contributed by atoms with van der Waals surface area (Å²) in [4.78, 5) is 12.8. The minimum atomic E-state index is 0.0672. The van der Waals surface area contributed by atoms with Crippen molar-refractivity contribution in [1.82, 2.24) is 14.8 Å². The van der Waals surface area contributed by atoms with Gasteiger partial charge < -0.3 is 13.7 Å². The van der Waals surface area contributed by atoms with E-state index in [4.69, 9.17) is 9.15 Å². The average molecular weight is 426 g/mol. The lowest BCUT2D eigenvalue weighted by molar-refractivity contribution is 0.0957. The SMILES string of the molecule is Cc1ccc(-c2nnc(SCC(=O)c3cc(C)n(C[C@H]4CCCO4)c3C)o2)cc1C. The molecule has 1 saturated heterocycles. The Hall–Kier alpha value is -2.38. The van der Waals surface area contributed by atoms with Gasteiger partial charge in [0.15, 0.2) is 5.78 Å². The predicted octanol–water partition coefficient (Wildman–Crippen LogP) is 4.93. The van der Waals surface area contributed by atoms with E-state index in [1.807, 2.05) is 38.1 Å². The van der Waals surface area contributed by atoms with Gasteiger partial charge in [0.1, 0.15) is 0 Å². The molecule has 3 aromatic rings. The standard InChI is InChI=1S/C23H27N3O3S/c1-14-7-8-18(10-15(14)2)22-24-25-23(29-22)30-13-21(27)20-11-16(3)26(17(20)4)12-19-6-5-9-28-19/h7-8,10-11,19H,5-6,9,12-13H2,1-4H3/t19-/m1/s1. The van der Waals surface area contributed by atoms with Crippen molar-refractivity contribution in [2.75, 3.05) is 12.4 Å². The van der Waals surface area contributed by atoms with Crippen LogP contribution in [0.15, 0.2) is 33.9 Å². The molecule has 0 amide bonds. The molecule has 1 fully saturated rings. The predicted molar refractivity (Wildman–Crippen MR) is 117 cm³/mol. The van der Waals surface area contributed by atoms with Crippen LogP contribution in [0.3, 0.4) is 0 Å². The molecule has 7 heteroatoms. The normalized spacial score (nSPS) is 16.3. The van der Waals surface area contributed by atoms with Gasteiger partial charge >= 0.3 is 0 Å². The molecule has 1 aliphatic rings. The smallest absolute Gasteiger partial charge is 0.277 e. The van der Waals surface area contributed by atoms with Crippen molar-refractivity contribution in [3.8, 4) is 11.5 Å². The summed E-state index contributed by atoms with van der Waals surface area (Å²) in [5, 5.41) is 8.64. The number of ketones is 1. The zero-order valence-electron chi connectivity index (χ0n) is 17.9. The van der Waals surface area contributed by atoms with Gasteiger partial charge in [-0.3, -0.25) is 4.79 Å². The van der Waals surface area contributed by atoms with E-state index in [1.54, 1.807) is 0 Å². The lowest BCUT2D eigenvalue weighted by Crippen LogP contribution is -2.17. The van der Waals surface area contributed by atoms with E-state index in [-0.39, 0.29) is 17.6 Å². The van der Waals surface area contributed by atoms with E-state index in [9.17, 15) is 4.79 Å². The molecule has 0 N–H and O–H groups in total. The Balaban J connectivity index is 1.41. The van der Waals surface area contributed by atoms with Gasteiger partial charge in [0.05, 0.1) is 11.9 Å². The molecular formula is C23H27N3O3S. The summed E-state index contributed by atoms with van der Waals surface area (Å²) in [6.45, 7) is 9.81. The van der Waals surface area contributed by atoms with Crippen LogP contribution in [0.25, 0.3) is 11.5 Å². The Labute approximate surface area is 181 Å². The van der Waals surface area contributed by atoms with Crippen LogP contribution in [0.4, 0.5) is 0 Å². The van der Waals surface area contributed by atoms with Gasteiger partial charge in [-0.15, -0.1) is 10.2 Å². The third-order valence-electron chi connectivity index (χ3n) is 5.77. The maximum Gasteiger partial charge on any atom is 0.277 e. The molecule has 1 aromatic carbocycles. The summed E-state index contributed by atoms with van der Waals surface area (Å²) in [6.07, 6.45) is 2.44. The van der Waals surface area contributed by atoms with Crippen LogP contribution < -0.4 is 0 Å². The zero-order chi connectivity index (χ0) is 21.3. The molecule has 1 aliphatic heterocycles. The van der Waals surface area contributed by atoms with Crippen LogP contribution in [0.5, 0.6) is 0 Å². The highest BCUT2D eigenvalue weighted by Gasteiger charge is 2.21. The van der Waals surface area contributed by atoms with Crippen molar-refractivity contribution in [2.45, 2.75) is 58.4 Å². The highest BCUT2D eigenvalue weighted by Crippen LogP contribution is 2.26. The molecule has 0 aliphatic carbocycles. The van der Waals surface area contributed by atoms with Crippen molar-refractivity contribution in [3.63, 3.8) is 0 Å². The van der Waals surface area contributed by atoms with Gasteiger partial charge in [-0.05, 0) is 69.9 Å². The molecule has 2 aromatic heterocycles. The molecule has 30 heavy (non-hydrogen) atoms. The van der Waals surface area contributed by atoms with Gasteiger partial charge in [-0.2, -0.15) is 0 Å². The molecule has 3 heterocycles. The average Bonchev–Trinajstić information content (AvgIpc) is 3.46. The molecule has 158 valence electrons. The van der Waals surface area contributed by atoms with Crippen molar-refractivity contribution < 1.29 is 13.9 Å². The van der Waals surface area contributed by atoms with Crippen molar-refractivity contribution in [2.24, 2.45) is 0 Å². The molecule has 0 saturated carbocycles. The molecular weight excluding hydrogens is 398 g/mol. The van der Waals surface area contributed by atoms with Crippen molar-refractivity contribution in [3.05, 3.63) is 52.3 Å². The number of ether oxygens (including phenoxy) is 1. The monoisotopic (exact) mass is 425 g/mol.